The Morgan fingerprint density at radius 3 is 1.32 bits per heavy atom. The summed E-state index contributed by atoms with van der Waals surface area (Å²) in [5, 5.41) is 2.99. The van der Waals surface area contributed by atoms with E-state index < -0.39 is 25.9 Å². The van der Waals surface area contributed by atoms with Crippen molar-refractivity contribution in [2.75, 3.05) is 0 Å². The molecule has 9 rings (SSSR count). The van der Waals surface area contributed by atoms with Crippen molar-refractivity contribution in [2.24, 2.45) is 23.7 Å². The first-order chi connectivity index (χ1) is 29.7. The molecule has 4 heteroatoms. The van der Waals surface area contributed by atoms with Gasteiger partial charge in [-0.15, -0.1) is 0 Å². The van der Waals surface area contributed by atoms with E-state index in [0.29, 0.717) is 23.7 Å². The van der Waals surface area contributed by atoms with E-state index in [2.05, 4.69) is 195 Å². The Morgan fingerprint density at radius 2 is 0.839 bits per heavy atom. The van der Waals surface area contributed by atoms with Crippen LogP contribution in [0.15, 0.2) is 139 Å². The average Bonchev–Trinajstić information content (AvgIpc) is 3.92. The zero-order valence-corrected chi connectivity index (χ0v) is 43.4. The number of hydrogen-bond acceptors (Lipinski definition) is 0. The van der Waals surface area contributed by atoms with Crippen molar-refractivity contribution in [2.45, 2.75) is 88.3 Å². The monoisotopic (exact) mass is 947 g/mol. The fourth-order valence-electron chi connectivity index (χ4n) is 11.8. The van der Waals surface area contributed by atoms with E-state index in [4.69, 9.17) is 0 Å². The summed E-state index contributed by atoms with van der Waals surface area (Å²) in [6, 6.07) is 48.5. The average molecular weight is 950 g/mol. The molecule has 2 atom stereocenters. The van der Waals surface area contributed by atoms with Gasteiger partial charge in [-0.25, -0.2) is 0 Å². The fraction of sp³-hybridized carbons (Fsp3) is 0.310. The van der Waals surface area contributed by atoms with Gasteiger partial charge in [0.1, 0.15) is 0 Å². The summed E-state index contributed by atoms with van der Waals surface area (Å²) in [6.07, 6.45) is 9.10. The molecule has 0 bridgehead atoms. The SMILES string of the molecule is CC(C)CC1=Cc2c(-c3ccccc3CC(C)C)cccc2[CH]1[Zr]([Cl])([Cl])([c]1cccc2c1[SiH2]c1ccccc1-2)[CH]1C(CC(C)C)=Cc2c(-c3ccccc3CC(C)C)cccc21. The van der Waals surface area contributed by atoms with Crippen LogP contribution in [0.2, 0.25) is 0 Å². The van der Waals surface area contributed by atoms with Gasteiger partial charge in [-0.2, -0.15) is 0 Å². The van der Waals surface area contributed by atoms with Crippen molar-refractivity contribution in [1.82, 2.24) is 0 Å². The molecule has 2 aliphatic carbocycles. The summed E-state index contributed by atoms with van der Waals surface area (Å²) >= 11 is -5.70. The molecule has 0 amide bonds. The molecule has 0 saturated heterocycles. The van der Waals surface area contributed by atoms with Crippen molar-refractivity contribution in [3.05, 3.63) is 172 Å². The molecular formula is C58H63Cl2SiZr. The van der Waals surface area contributed by atoms with E-state index >= 15 is 0 Å². The van der Waals surface area contributed by atoms with Crippen molar-refractivity contribution in [3.63, 3.8) is 0 Å². The maximum atomic E-state index is 9.48. The predicted octanol–water partition coefficient (Wildman–Crippen LogP) is 14.5. The molecule has 0 saturated carbocycles. The second-order valence-electron chi connectivity index (χ2n) is 20.4. The third-order valence-electron chi connectivity index (χ3n) is 13.9. The molecule has 2 unspecified atom stereocenters. The Balaban J connectivity index is 1.36. The molecule has 0 spiro atoms. The molecule has 62 heavy (non-hydrogen) atoms. The van der Waals surface area contributed by atoms with E-state index in [9.17, 15) is 17.0 Å². The number of fused-ring (bicyclic) bond motifs is 5. The van der Waals surface area contributed by atoms with E-state index in [0.717, 1.165) is 25.7 Å². The molecule has 0 N–H and O–H groups in total. The van der Waals surface area contributed by atoms with Gasteiger partial charge in [-0.1, -0.05) is 0 Å². The Kier molecular flexibility index (Phi) is 12.1. The van der Waals surface area contributed by atoms with Crippen molar-refractivity contribution < 1.29 is 16.4 Å². The second kappa shape index (κ2) is 17.1. The van der Waals surface area contributed by atoms with Crippen LogP contribution in [0.25, 0.3) is 45.5 Å². The minimum atomic E-state index is -5.70. The van der Waals surface area contributed by atoms with Crippen LogP contribution < -0.4 is 13.6 Å². The molecule has 3 aliphatic rings. The van der Waals surface area contributed by atoms with Gasteiger partial charge in [0.25, 0.3) is 0 Å². The van der Waals surface area contributed by atoms with Gasteiger partial charge in [0.2, 0.25) is 0 Å². The summed E-state index contributed by atoms with van der Waals surface area (Å²) < 4.78 is 1.12. The summed E-state index contributed by atoms with van der Waals surface area (Å²) in [4.78, 5) is 0. The molecule has 6 aromatic rings. The Labute approximate surface area is 383 Å². The maximum absolute atomic E-state index is 9.48. The molecular weight excluding hydrogens is 887 g/mol. The fourth-order valence-corrected chi connectivity index (χ4v) is 39.7. The van der Waals surface area contributed by atoms with Gasteiger partial charge in [0.15, 0.2) is 0 Å². The second-order valence-corrected chi connectivity index (χ2v) is 42.9. The van der Waals surface area contributed by atoms with Gasteiger partial charge in [-0.05, 0) is 0 Å². The zero-order chi connectivity index (χ0) is 43.5. The Morgan fingerprint density at radius 1 is 0.435 bits per heavy atom. The number of benzene rings is 6. The third-order valence-corrected chi connectivity index (χ3v) is 36.7. The van der Waals surface area contributed by atoms with Gasteiger partial charge >= 0.3 is 386 Å². The third kappa shape index (κ3) is 7.58. The first-order valence-electron chi connectivity index (χ1n) is 23.4. The molecule has 317 valence electrons. The summed E-state index contributed by atoms with van der Waals surface area (Å²) in [6.45, 7) is 18.8. The number of halogens is 2. The number of rotatable bonds is 13. The first kappa shape index (κ1) is 43.7. The van der Waals surface area contributed by atoms with Crippen LogP contribution in [0.1, 0.15) is 109 Å². The van der Waals surface area contributed by atoms with E-state index in [1.807, 2.05) is 0 Å². The summed E-state index contributed by atoms with van der Waals surface area (Å²) in [7, 11) is 18.1. The summed E-state index contributed by atoms with van der Waals surface area (Å²) in [5.41, 5.74) is 19.0. The predicted molar refractivity (Wildman–Crippen MR) is 272 cm³/mol. The van der Waals surface area contributed by atoms with Gasteiger partial charge in [0.05, 0.1) is 0 Å². The van der Waals surface area contributed by atoms with Gasteiger partial charge in [0, 0.05) is 0 Å². The van der Waals surface area contributed by atoms with Crippen LogP contribution in [0, 0.1) is 23.7 Å². The standard InChI is InChI=1S/2C23H27.C12H9Si.2ClH.Zr/c2*1-16(2)12-18-14-20-9-7-11-22(23(20)15-18)21-10-6-5-8-19(21)13-17(3)4;1-3-7-11-9(5-1)10-6-2-4-8-12(10)13-11;;;/h2*5-11,14-17H,12-13H2,1-4H3;1-7H,13H2;2*1H;/q;;;;;+2/p-2. The molecule has 0 aromatic heterocycles. The van der Waals surface area contributed by atoms with Crippen LogP contribution in [0.4, 0.5) is 0 Å². The number of hydrogen-bond donors (Lipinski definition) is 0. The van der Waals surface area contributed by atoms with E-state index in [-0.39, 0.29) is 7.25 Å². The van der Waals surface area contributed by atoms with Gasteiger partial charge < -0.3 is 0 Å². The molecule has 1 aliphatic heterocycles. The van der Waals surface area contributed by atoms with Crippen LogP contribution in [0.3, 0.4) is 0 Å². The Hall–Kier alpha value is -3.52. The molecule has 1 heterocycles. The zero-order valence-electron chi connectivity index (χ0n) is 38.0. The van der Waals surface area contributed by atoms with Crippen molar-refractivity contribution >= 4 is 52.3 Å². The van der Waals surface area contributed by atoms with Crippen molar-refractivity contribution in [3.8, 4) is 33.4 Å². The van der Waals surface area contributed by atoms with Crippen LogP contribution >= 0.6 is 17.0 Å². The quantitative estimate of drug-likeness (QED) is 0.101. The topological polar surface area (TPSA) is 0 Å². The normalized spacial score (nSPS) is 17.6. The Bertz CT molecular complexity index is 2610. The first-order valence-corrected chi connectivity index (χ1v) is 35.2. The van der Waals surface area contributed by atoms with Crippen LogP contribution in [-0.2, 0) is 29.2 Å². The molecule has 6 aromatic carbocycles. The molecule has 0 radical (unpaired) electrons. The van der Waals surface area contributed by atoms with Gasteiger partial charge in [-0.3, -0.25) is 0 Å². The van der Waals surface area contributed by atoms with E-state index in [1.165, 1.54) is 91.6 Å². The molecule has 0 nitrogen and oxygen atoms in total. The number of allylic oxidation sites excluding steroid dienone is 2. The van der Waals surface area contributed by atoms with Crippen molar-refractivity contribution in [1.29, 1.82) is 0 Å². The van der Waals surface area contributed by atoms with Crippen LogP contribution in [0.5, 0.6) is 0 Å². The minimum absolute atomic E-state index is 0.0954. The van der Waals surface area contributed by atoms with E-state index in [1.54, 1.807) is 0 Å². The summed E-state index contributed by atoms with van der Waals surface area (Å²) in [5.74, 6) is 1.98. The van der Waals surface area contributed by atoms with Crippen LogP contribution in [-0.4, -0.2) is 9.52 Å². The molecule has 0 fully saturated rings.